The molecule has 0 bridgehead atoms. The van der Waals surface area contributed by atoms with Gasteiger partial charge in [0.1, 0.15) is 11.8 Å². The van der Waals surface area contributed by atoms with Crippen LogP contribution in [0.4, 0.5) is 4.79 Å². The third-order valence-corrected chi connectivity index (χ3v) is 8.96. The van der Waals surface area contributed by atoms with Crippen molar-refractivity contribution in [1.29, 1.82) is 0 Å². The van der Waals surface area contributed by atoms with E-state index in [0.717, 1.165) is 31.2 Å². The first-order valence-corrected chi connectivity index (χ1v) is 16.0. The smallest absolute Gasteiger partial charge is 0.335 e. The third-order valence-electron chi connectivity index (χ3n) is 8.96. The Morgan fingerprint density at radius 2 is 1.74 bits per heavy atom. The molecule has 1 aromatic rings. The number of Topliss-reactive ketones (excluding diaryl/α,β-unsaturated/α-hetero) is 1. The Morgan fingerprint density at radius 1 is 1.05 bits per heavy atom. The van der Waals surface area contributed by atoms with Crippen molar-refractivity contribution in [3.8, 4) is 0 Å². The van der Waals surface area contributed by atoms with Gasteiger partial charge in [0, 0.05) is 44.0 Å². The maximum Gasteiger partial charge on any atom is 0.335 e. The van der Waals surface area contributed by atoms with E-state index in [-0.39, 0.29) is 35.7 Å². The van der Waals surface area contributed by atoms with Crippen LogP contribution in [0.3, 0.4) is 0 Å². The molecule has 0 spiro atoms. The van der Waals surface area contributed by atoms with Gasteiger partial charge in [0.2, 0.25) is 11.8 Å². The molecule has 0 unspecified atom stereocenters. The minimum Gasteiger partial charge on any atom is -0.372 e. The molecule has 0 aromatic heterocycles. The Bertz CT molecular complexity index is 1090. The van der Waals surface area contributed by atoms with Gasteiger partial charge in [0.15, 0.2) is 0 Å². The zero-order valence-electron chi connectivity index (χ0n) is 26.5. The molecule has 1 aliphatic heterocycles. The molecular formula is C33H51N5O5. The number of ether oxygens (including phenoxy) is 1. The lowest BCUT2D eigenvalue weighted by Gasteiger charge is -2.28. The largest absolute Gasteiger partial charge is 0.372 e. The monoisotopic (exact) mass is 597 g/mol. The summed E-state index contributed by atoms with van der Waals surface area (Å²) >= 11 is 0. The van der Waals surface area contributed by atoms with Crippen LogP contribution in [0.15, 0.2) is 35.4 Å². The predicted molar refractivity (Wildman–Crippen MR) is 167 cm³/mol. The number of nitrogens with zero attached hydrogens (tertiary/aromatic N) is 2. The molecule has 10 nitrogen and oxygen atoms in total. The maximum absolute atomic E-state index is 13.5. The Hall–Kier alpha value is -3.27. The second-order valence-corrected chi connectivity index (χ2v) is 12.4. The second kappa shape index (κ2) is 17.1. The molecule has 1 saturated carbocycles. The molecule has 10 heteroatoms. The number of hydrazone groups is 1. The summed E-state index contributed by atoms with van der Waals surface area (Å²) in [6.07, 6.45) is 6.46. The average molecular weight is 598 g/mol. The van der Waals surface area contributed by atoms with Crippen molar-refractivity contribution in [2.45, 2.75) is 104 Å². The fourth-order valence-electron chi connectivity index (χ4n) is 5.71. The number of nitrogens with one attached hydrogen (secondary N) is 3. The number of carbonyl (C=O) groups excluding carboxylic acids is 4. The van der Waals surface area contributed by atoms with Crippen LogP contribution >= 0.6 is 0 Å². The van der Waals surface area contributed by atoms with E-state index in [0.29, 0.717) is 50.7 Å². The molecule has 4 atom stereocenters. The van der Waals surface area contributed by atoms with Crippen molar-refractivity contribution >= 4 is 29.8 Å². The summed E-state index contributed by atoms with van der Waals surface area (Å²) in [4.78, 5) is 52.7. The SMILES string of the molecule is CCC(=O)C1CCC(CNC(=O)N/N=C/[C@H](CC)NC(=O)[C@@H]2C[C@@H](OCc3ccccc3)CN2C(=O)[C@@H](C)C(C)C)CC1. The van der Waals surface area contributed by atoms with E-state index in [1.807, 2.05) is 65.0 Å². The lowest BCUT2D eigenvalue weighted by atomic mass is 9.79. The zero-order valence-corrected chi connectivity index (χ0v) is 26.5. The van der Waals surface area contributed by atoms with Crippen molar-refractivity contribution in [2.24, 2.45) is 28.8 Å². The molecule has 3 N–H and O–H groups in total. The number of hydrogen-bond donors (Lipinski definition) is 3. The molecule has 43 heavy (non-hydrogen) atoms. The van der Waals surface area contributed by atoms with E-state index in [4.69, 9.17) is 4.74 Å². The highest BCUT2D eigenvalue weighted by atomic mass is 16.5. The van der Waals surface area contributed by atoms with Crippen LogP contribution in [0.5, 0.6) is 0 Å². The molecule has 1 heterocycles. The van der Waals surface area contributed by atoms with E-state index >= 15 is 0 Å². The van der Waals surface area contributed by atoms with Crippen LogP contribution in [0.2, 0.25) is 0 Å². The normalized spacial score (nSPS) is 23.6. The van der Waals surface area contributed by atoms with Crippen molar-refractivity contribution in [1.82, 2.24) is 21.0 Å². The average Bonchev–Trinajstić information content (AvgIpc) is 3.46. The molecule has 1 saturated heterocycles. The Balaban J connectivity index is 1.50. The number of benzene rings is 1. The number of hydrogen-bond acceptors (Lipinski definition) is 6. The Kier molecular flexibility index (Phi) is 13.6. The number of amides is 4. The van der Waals surface area contributed by atoms with Crippen LogP contribution < -0.4 is 16.1 Å². The molecule has 3 rings (SSSR count). The van der Waals surface area contributed by atoms with Crippen LogP contribution in [-0.2, 0) is 25.7 Å². The zero-order chi connectivity index (χ0) is 31.4. The lowest BCUT2D eigenvalue weighted by Crippen LogP contribution is -2.50. The van der Waals surface area contributed by atoms with Crippen LogP contribution in [0.25, 0.3) is 0 Å². The van der Waals surface area contributed by atoms with Crippen LogP contribution in [-0.4, -0.2) is 66.0 Å². The predicted octanol–water partition coefficient (Wildman–Crippen LogP) is 4.43. The third kappa shape index (κ3) is 10.4. The van der Waals surface area contributed by atoms with E-state index in [1.165, 1.54) is 6.21 Å². The van der Waals surface area contributed by atoms with Crippen molar-refractivity contribution in [2.75, 3.05) is 13.1 Å². The number of ketones is 1. The number of likely N-dealkylation sites (tertiary alicyclic amines) is 1. The second-order valence-electron chi connectivity index (χ2n) is 12.4. The highest BCUT2D eigenvalue weighted by molar-refractivity contribution is 5.91. The van der Waals surface area contributed by atoms with Crippen LogP contribution in [0.1, 0.15) is 85.1 Å². The maximum atomic E-state index is 13.5. The van der Waals surface area contributed by atoms with Gasteiger partial charge in [-0.1, -0.05) is 65.0 Å². The molecule has 1 aliphatic carbocycles. The highest BCUT2D eigenvalue weighted by Gasteiger charge is 2.42. The van der Waals surface area contributed by atoms with Gasteiger partial charge in [-0.05, 0) is 49.5 Å². The number of urea groups is 1. The topological polar surface area (TPSA) is 129 Å². The molecule has 2 fully saturated rings. The van der Waals surface area contributed by atoms with E-state index < -0.39 is 18.1 Å². The summed E-state index contributed by atoms with van der Waals surface area (Å²) in [5.41, 5.74) is 3.53. The molecule has 4 amide bonds. The summed E-state index contributed by atoms with van der Waals surface area (Å²) in [6, 6.07) is 8.38. The summed E-state index contributed by atoms with van der Waals surface area (Å²) < 4.78 is 6.13. The molecule has 2 aliphatic rings. The Labute approximate surface area is 256 Å². The molecular weight excluding hydrogens is 546 g/mol. The van der Waals surface area contributed by atoms with Crippen LogP contribution in [0, 0.1) is 23.7 Å². The summed E-state index contributed by atoms with van der Waals surface area (Å²) in [5, 5.41) is 9.92. The number of carbonyl (C=O) groups is 4. The van der Waals surface area contributed by atoms with Gasteiger partial charge < -0.3 is 20.3 Å². The molecule has 1 aromatic carbocycles. The molecule has 0 radical (unpaired) electrons. The van der Waals surface area contributed by atoms with Gasteiger partial charge in [0.25, 0.3) is 0 Å². The van der Waals surface area contributed by atoms with Crippen molar-refractivity contribution in [3.05, 3.63) is 35.9 Å². The minimum absolute atomic E-state index is 0.0496. The standard InChI is InChI=1S/C33H51N5O5/c1-6-27(19-35-37-33(42)34-18-24-13-15-26(16-14-24)30(39)7-2)36-31(40)29-17-28(43-21-25-11-9-8-10-12-25)20-38(29)32(41)23(5)22(3)4/h8-12,19,22-24,26-29H,6-7,13-18,20-21H2,1-5H3,(H,36,40)(H2,34,37,42)/b35-19+/t23-,24?,26?,27-,28+,29-/m0/s1. The lowest BCUT2D eigenvalue weighted by molar-refractivity contribution is -0.142. The van der Waals surface area contributed by atoms with Crippen molar-refractivity contribution < 1.29 is 23.9 Å². The summed E-state index contributed by atoms with van der Waals surface area (Å²) in [7, 11) is 0. The van der Waals surface area contributed by atoms with Gasteiger partial charge in [0.05, 0.1) is 18.8 Å². The summed E-state index contributed by atoms with van der Waals surface area (Å²) in [5.74, 6) is 0.485. The van der Waals surface area contributed by atoms with Gasteiger partial charge in [-0.2, -0.15) is 5.10 Å². The fourth-order valence-corrected chi connectivity index (χ4v) is 5.71. The fraction of sp³-hybridized carbons (Fsp3) is 0.667. The number of rotatable bonds is 14. The first kappa shape index (κ1) is 34.2. The first-order chi connectivity index (χ1) is 20.6. The highest BCUT2D eigenvalue weighted by Crippen LogP contribution is 2.29. The van der Waals surface area contributed by atoms with E-state index in [2.05, 4.69) is 21.2 Å². The molecule has 238 valence electrons. The van der Waals surface area contributed by atoms with Gasteiger partial charge in [-0.25, -0.2) is 10.2 Å². The first-order valence-electron chi connectivity index (χ1n) is 16.0. The summed E-state index contributed by atoms with van der Waals surface area (Å²) in [6.45, 7) is 11.1. The van der Waals surface area contributed by atoms with E-state index in [1.54, 1.807) is 4.90 Å². The van der Waals surface area contributed by atoms with Gasteiger partial charge >= 0.3 is 6.03 Å². The quantitative estimate of drug-likeness (QED) is 0.216. The van der Waals surface area contributed by atoms with E-state index in [9.17, 15) is 19.2 Å². The Morgan fingerprint density at radius 3 is 2.37 bits per heavy atom. The van der Waals surface area contributed by atoms with Crippen molar-refractivity contribution in [3.63, 3.8) is 0 Å². The van der Waals surface area contributed by atoms with Gasteiger partial charge in [-0.15, -0.1) is 0 Å². The minimum atomic E-state index is -0.643. The van der Waals surface area contributed by atoms with Gasteiger partial charge in [-0.3, -0.25) is 14.4 Å².